The van der Waals surface area contributed by atoms with Gasteiger partial charge in [0, 0.05) is 19.1 Å². The molecule has 0 spiro atoms. The Balaban J connectivity index is 0. The number of ether oxygens (including phenoxy) is 1. The van der Waals surface area contributed by atoms with Crippen LogP contribution in [0.2, 0.25) is 0 Å². The molecular weight excluding hydrogens is 454 g/mol. The smallest absolute Gasteiger partial charge is 0.544 e. The predicted molar refractivity (Wildman–Crippen MR) is 94.0 cm³/mol. The Kier molecular flexibility index (Phi) is 17.8. The van der Waals surface area contributed by atoms with E-state index in [1.165, 1.54) is 6.34 Å². The Morgan fingerprint density at radius 1 is 1.52 bits per heavy atom. The third-order valence-corrected chi connectivity index (χ3v) is 3.33. The van der Waals surface area contributed by atoms with Gasteiger partial charge in [-0.3, -0.25) is 10.7 Å². The number of nitrogens with zero attached hydrogens (tertiary/aromatic N) is 1. The molecule has 2 heterocycles. The van der Waals surface area contributed by atoms with Gasteiger partial charge in [-0.25, -0.2) is 14.3 Å². The molecule has 0 radical (unpaired) electrons. The third-order valence-electron chi connectivity index (χ3n) is 3.33. The molecule has 5 atom stereocenters. The fourth-order valence-electron chi connectivity index (χ4n) is 2.16. The molecule has 11 nitrogen and oxygen atoms in total. The van der Waals surface area contributed by atoms with Gasteiger partial charge in [0.1, 0.15) is 23.2 Å². The summed E-state index contributed by atoms with van der Waals surface area (Å²) in [6.45, 7) is 0.660. The average molecular weight is 478 g/mol. The minimum absolute atomic E-state index is 0. The van der Waals surface area contributed by atoms with Crippen molar-refractivity contribution in [2.75, 3.05) is 13.3 Å². The first-order valence-corrected chi connectivity index (χ1v) is 8.88. The van der Waals surface area contributed by atoms with Crippen molar-refractivity contribution in [3.63, 3.8) is 0 Å². The van der Waals surface area contributed by atoms with Gasteiger partial charge in [-0.2, -0.15) is 5.10 Å². The van der Waals surface area contributed by atoms with Gasteiger partial charge in [-0.05, 0) is 13.3 Å². The summed E-state index contributed by atoms with van der Waals surface area (Å²) in [5, 5.41) is 43.5. The molecule has 0 aromatic heterocycles. The van der Waals surface area contributed by atoms with Crippen LogP contribution in [-0.4, -0.2) is 76.1 Å². The van der Waals surface area contributed by atoms with Crippen molar-refractivity contribution in [2.45, 2.75) is 54.9 Å². The summed E-state index contributed by atoms with van der Waals surface area (Å²) in [5.41, 5.74) is 7.50. The molecule has 1 fully saturated rings. The maximum absolute atomic E-state index is 13.8. The Bertz CT molecular complexity index is 482. The van der Waals surface area contributed by atoms with Gasteiger partial charge in [0.15, 0.2) is 6.17 Å². The number of carbonyl (C=O) groups is 1. The first kappa shape index (κ1) is 31.1. The number of aliphatic hydroxyl groups excluding tert-OH is 3. The largest absolute Gasteiger partial charge is 1.00 e. The summed E-state index contributed by atoms with van der Waals surface area (Å²) in [5.74, 6) is -6.03. The number of hydrazine groups is 2. The second-order valence-corrected chi connectivity index (χ2v) is 6.96. The number of hydrazone groups is 1. The van der Waals surface area contributed by atoms with Gasteiger partial charge < -0.3 is 30.0 Å². The monoisotopic (exact) mass is 477 g/mol. The van der Waals surface area contributed by atoms with Crippen LogP contribution in [0.15, 0.2) is 5.10 Å². The zero-order valence-corrected chi connectivity index (χ0v) is 19.3. The molecule has 5 unspecified atom stereocenters. The topological polar surface area (TPSA) is 171 Å². The third kappa shape index (κ3) is 11.8. The van der Waals surface area contributed by atoms with Gasteiger partial charge in [-0.1, -0.05) is 0 Å². The fraction of sp³-hybridized carbons (Fsp3) is 0.846. The first-order chi connectivity index (χ1) is 13.1. The summed E-state index contributed by atoms with van der Waals surface area (Å²) < 4.78 is 31.8. The number of carbonyl (C=O) groups excluding carboxylic acids is 1. The molecule has 16 heteroatoms. The molecule has 0 aromatic carbocycles. The maximum atomic E-state index is 13.8. The van der Waals surface area contributed by atoms with Crippen LogP contribution in [0.5, 0.6) is 0 Å². The van der Waals surface area contributed by atoms with Crippen LogP contribution in [0, 0.1) is 0 Å². The number of rotatable bonds is 6. The van der Waals surface area contributed by atoms with Crippen LogP contribution < -0.4 is 56.5 Å². The van der Waals surface area contributed by atoms with Crippen LogP contribution in [-0.2, 0) is 9.53 Å². The van der Waals surface area contributed by atoms with E-state index in [2.05, 4.69) is 31.7 Å². The van der Waals surface area contributed by atoms with E-state index in [0.717, 1.165) is 0 Å². The molecule has 2 aliphatic heterocycles. The fourth-order valence-corrected chi connectivity index (χ4v) is 2.16. The number of aliphatic hydroxyl groups is 3. The van der Waals surface area contributed by atoms with Gasteiger partial charge >= 0.3 is 29.6 Å². The summed E-state index contributed by atoms with van der Waals surface area (Å²) in [6, 6.07) is -0.996. The van der Waals surface area contributed by atoms with E-state index in [4.69, 9.17) is 33.4 Å². The zero-order valence-electron chi connectivity index (χ0n) is 15.8. The zero-order chi connectivity index (χ0) is 21.7. The second kappa shape index (κ2) is 16.6. The standard InChI is InChI=1S/C10H17F2NO6.C2H4Cl2.CH4N4.Na/c11-7-3-5(13-4-15)8(6(16)1-2-14)19-10(7,12)9(17)18;1-2(3)4;1-2-4-5-3-1;/h5-8,13-16H,1-4H2,(H,17,18);2H,1H3;1,4-5H,(H,2,3);/q;;;+1/p-1. The van der Waals surface area contributed by atoms with Crippen LogP contribution in [0.25, 0.3) is 0 Å². The van der Waals surface area contributed by atoms with Crippen molar-refractivity contribution in [2.24, 2.45) is 5.10 Å². The average Bonchev–Trinajstić information content (AvgIpc) is 3.17. The number of carboxylic acid groups (broad SMARTS) is 1. The normalized spacial score (nSPS) is 28.5. The van der Waals surface area contributed by atoms with Crippen LogP contribution >= 0.6 is 23.2 Å². The minimum atomic E-state index is -3.66. The molecule has 166 valence electrons. The van der Waals surface area contributed by atoms with E-state index in [1.807, 2.05) is 0 Å². The van der Waals surface area contributed by atoms with E-state index in [0.29, 0.717) is 0 Å². The van der Waals surface area contributed by atoms with Crippen LogP contribution in [0.1, 0.15) is 19.8 Å². The molecule has 0 saturated carbocycles. The molecule has 1 saturated heterocycles. The van der Waals surface area contributed by atoms with Crippen molar-refractivity contribution >= 4 is 35.5 Å². The quantitative estimate of drug-likeness (QED) is 0.111. The van der Waals surface area contributed by atoms with Crippen LogP contribution in [0.3, 0.4) is 0 Å². The van der Waals surface area contributed by atoms with Crippen molar-refractivity contribution in [1.29, 1.82) is 0 Å². The Labute approximate surface area is 198 Å². The van der Waals surface area contributed by atoms with E-state index < -0.39 is 56.0 Å². The Hall–Kier alpha value is -0.0600. The molecule has 0 aromatic rings. The molecule has 2 aliphatic rings. The minimum Gasteiger partial charge on any atom is -0.544 e. The number of carboxylic acids is 1. The van der Waals surface area contributed by atoms with Gasteiger partial charge in [0.05, 0.1) is 12.8 Å². The number of halogens is 4. The van der Waals surface area contributed by atoms with Gasteiger partial charge in [-0.15, -0.1) is 28.7 Å². The van der Waals surface area contributed by atoms with Crippen LogP contribution in [0.4, 0.5) is 8.78 Å². The van der Waals surface area contributed by atoms with Crippen molar-refractivity contribution in [3.8, 4) is 0 Å². The summed E-state index contributed by atoms with van der Waals surface area (Å²) >= 11 is 10.1. The summed E-state index contributed by atoms with van der Waals surface area (Å²) in [4.78, 5) is 10.4. The van der Waals surface area contributed by atoms with E-state index >= 15 is 0 Å². The molecule has 0 bridgehead atoms. The number of aliphatic carboxylic acids is 1. The van der Waals surface area contributed by atoms with E-state index in [9.17, 15) is 23.8 Å². The van der Waals surface area contributed by atoms with Crippen molar-refractivity contribution < 1.29 is 68.3 Å². The Morgan fingerprint density at radius 3 is 2.45 bits per heavy atom. The van der Waals surface area contributed by atoms with E-state index in [1.54, 1.807) is 6.92 Å². The van der Waals surface area contributed by atoms with Gasteiger partial charge in [0.25, 0.3) is 5.85 Å². The van der Waals surface area contributed by atoms with Crippen molar-refractivity contribution in [3.05, 3.63) is 0 Å². The SMILES string of the molecule is C1=NNNN1.CC(Cl)Cl.O=C([O-])C1(F)OC(C(O)CCO)C(NCO)CC1F.[Na+]. The summed E-state index contributed by atoms with van der Waals surface area (Å²) in [6.07, 6.45) is -4.68. The van der Waals surface area contributed by atoms with Gasteiger partial charge in [0.2, 0.25) is 0 Å². The molecule has 0 amide bonds. The summed E-state index contributed by atoms with van der Waals surface area (Å²) in [7, 11) is 0. The number of alkyl halides is 4. The second-order valence-electron chi connectivity index (χ2n) is 5.42. The molecular formula is C13H24Cl2F2N5NaO6. The molecule has 2 rings (SSSR count). The number of hydrogen-bond acceptors (Lipinski definition) is 11. The molecule has 7 N–H and O–H groups in total. The molecule has 0 aliphatic carbocycles. The maximum Gasteiger partial charge on any atom is 1.00 e. The van der Waals surface area contributed by atoms with E-state index in [-0.39, 0.29) is 40.8 Å². The molecule has 29 heavy (non-hydrogen) atoms. The first-order valence-electron chi connectivity index (χ1n) is 8.00. The Morgan fingerprint density at radius 2 is 2.10 bits per heavy atom. The number of nitrogens with one attached hydrogen (secondary N) is 4. The predicted octanol–water partition coefficient (Wildman–Crippen LogP) is -5.46. The number of hydrogen-bond donors (Lipinski definition) is 7. The van der Waals surface area contributed by atoms with Crippen molar-refractivity contribution in [1.82, 2.24) is 21.8 Å².